The van der Waals surface area contributed by atoms with Gasteiger partial charge in [0.1, 0.15) is 0 Å². The SMILES string of the molecule is CCCN(CC)CCn1cncc1CNC1CC1. The van der Waals surface area contributed by atoms with E-state index in [1.54, 1.807) is 0 Å². The predicted octanol–water partition coefficient (Wildman–Crippen LogP) is 1.87. The third kappa shape index (κ3) is 4.10. The fourth-order valence-corrected chi connectivity index (χ4v) is 2.23. The molecule has 4 heteroatoms. The molecule has 18 heavy (non-hydrogen) atoms. The Balaban J connectivity index is 1.78. The van der Waals surface area contributed by atoms with Crippen molar-refractivity contribution in [2.45, 2.75) is 52.2 Å². The van der Waals surface area contributed by atoms with Crippen LogP contribution in [0.25, 0.3) is 0 Å². The zero-order valence-corrected chi connectivity index (χ0v) is 11.7. The number of nitrogens with zero attached hydrogens (tertiary/aromatic N) is 3. The van der Waals surface area contributed by atoms with E-state index in [4.69, 9.17) is 0 Å². The Morgan fingerprint density at radius 1 is 1.39 bits per heavy atom. The summed E-state index contributed by atoms with van der Waals surface area (Å²) < 4.78 is 2.29. The Kier molecular flexibility index (Phi) is 5.20. The average molecular weight is 250 g/mol. The topological polar surface area (TPSA) is 33.1 Å². The third-order valence-electron chi connectivity index (χ3n) is 3.59. The van der Waals surface area contributed by atoms with E-state index in [2.05, 4.69) is 33.6 Å². The van der Waals surface area contributed by atoms with E-state index in [-0.39, 0.29) is 0 Å². The van der Waals surface area contributed by atoms with Gasteiger partial charge in [0.05, 0.1) is 12.0 Å². The summed E-state index contributed by atoms with van der Waals surface area (Å²) >= 11 is 0. The van der Waals surface area contributed by atoms with Crippen LogP contribution in [0.5, 0.6) is 0 Å². The minimum absolute atomic E-state index is 0.764. The van der Waals surface area contributed by atoms with E-state index in [1.807, 2.05) is 12.5 Å². The maximum atomic E-state index is 4.27. The number of rotatable bonds is 9. The highest BCUT2D eigenvalue weighted by Crippen LogP contribution is 2.19. The molecule has 1 saturated carbocycles. The first-order chi connectivity index (χ1) is 8.83. The fourth-order valence-electron chi connectivity index (χ4n) is 2.23. The van der Waals surface area contributed by atoms with Crippen LogP contribution in [0.3, 0.4) is 0 Å². The summed E-state index contributed by atoms with van der Waals surface area (Å²) in [6, 6.07) is 0.764. The summed E-state index contributed by atoms with van der Waals surface area (Å²) in [7, 11) is 0. The zero-order valence-electron chi connectivity index (χ0n) is 11.7. The molecular weight excluding hydrogens is 224 g/mol. The van der Waals surface area contributed by atoms with E-state index in [1.165, 1.54) is 31.5 Å². The standard InChI is InChI=1S/C14H26N4/c1-3-7-17(4-2)8-9-18-12-15-10-14(18)11-16-13-5-6-13/h10,12-13,16H,3-9,11H2,1-2H3. The van der Waals surface area contributed by atoms with Gasteiger partial charge in [-0.15, -0.1) is 0 Å². The summed E-state index contributed by atoms with van der Waals surface area (Å²) in [4.78, 5) is 6.77. The molecule has 0 unspecified atom stereocenters. The van der Waals surface area contributed by atoms with Crippen LogP contribution in [0.4, 0.5) is 0 Å². The molecule has 0 aliphatic heterocycles. The number of imidazole rings is 1. The van der Waals surface area contributed by atoms with E-state index in [0.29, 0.717) is 0 Å². The highest BCUT2D eigenvalue weighted by molar-refractivity contribution is 4.99. The second-order valence-corrected chi connectivity index (χ2v) is 5.17. The molecule has 102 valence electrons. The lowest BCUT2D eigenvalue weighted by atomic mass is 10.4. The van der Waals surface area contributed by atoms with Crippen molar-refractivity contribution in [2.75, 3.05) is 19.6 Å². The predicted molar refractivity (Wildman–Crippen MR) is 74.5 cm³/mol. The van der Waals surface area contributed by atoms with Gasteiger partial charge >= 0.3 is 0 Å². The Morgan fingerprint density at radius 2 is 2.22 bits per heavy atom. The summed E-state index contributed by atoms with van der Waals surface area (Å²) in [6.45, 7) is 9.94. The van der Waals surface area contributed by atoms with Gasteiger partial charge in [0.15, 0.2) is 0 Å². The second-order valence-electron chi connectivity index (χ2n) is 5.17. The Labute approximate surface area is 110 Å². The van der Waals surface area contributed by atoms with Crippen molar-refractivity contribution in [3.05, 3.63) is 18.2 Å². The first kappa shape index (κ1) is 13.6. The molecule has 1 aromatic heterocycles. The van der Waals surface area contributed by atoms with Crippen LogP contribution in [0, 0.1) is 0 Å². The van der Waals surface area contributed by atoms with Gasteiger partial charge in [-0.05, 0) is 32.4 Å². The highest BCUT2D eigenvalue weighted by Gasteiger charge is 2.20. The van der Waals surface area contributed by atoms with Crippen LogP contribution in [-0.2, 0) is 13.1 Å². The van der Waals surface area contributed by atoms with Crippen molar-refractivity contribution in [2.24, 2.45) is 0 Å². The minimum Gasteiger partial charge on any atom is -0.332 e. The summed E-state index contributed by atoms with van der Waals surface area (Å²) in [5, 5.41) is 3.55. The van der Waals surface area contributed by atoms with Crippen molar-refractivity contribution in [1.82, 2.24) is 19.8 Å². The number of hydrogen-bond acceptors (Lipinski definition) is 3. The minimum atomic E-state index is 0.764. The molecule has 1 N–H and O–H groups in total. The van der Waals surface area contributed by atoms with E-state index < -0.39 is 0 Å². The van der Waals surface area contributed by atoms with Gasteiger partial charge in [-0.1, -0.05) is 13.8 Å². The first-order valence-corrected chi connectivity index (χ1v) is 7.28. The summed E-state index contributed by atoms with van der Waals surface area (Å²) in [5.41, 5.74) is 1.31. The molecule has 1 heterocycles. The van der Waals surface area contributed by atoms with Crippen LogP contribution < -0.4 is 5.32 Å². The molecule has 1 fully saturated rings. The number of likely N-dealkylation sites (N-methyl/N-ethyl adjacent to an activating group) is 1. The average Bonchev–Trinajstić information content (AvgIpc) is 3.11. The molecule has 0 bridgehead atoms. The van der Waals surface area contributed by atoms with Crippen molar-refractivity contribution in [3.8, 4) is 0 Å². The lowest BCUT2D eigenvalue weighted by molar-refractivity contribution is 0.275. The van der Waals surface area contributed by atoms with Gasteiger partial charge in [0.25, 0.3) is 0 Å². The molecule has 1 aliphatic rings. The van der Waals surface area contributed by atoms with Crippen LogP contribution in [0.2, 0.25) is 0 Å². The van der Waals surface area contributed by atoms with Gasteiger partial charge in [-0.2, -0.15) is 0 Å². The number of nitrogens with one attached hydrogen (secondary N) is 1. The molecule has 0 amide bonds. The molecular formula is C14H26N4. The molecule has 4 nitrogen and oxygen atoms in total. The Morgan fingerprint density at radius 3 is 2.89 bits per heavy atom. The fraction of sp³-hybridized carbons (Fsp3) is 0.786. The van der Waals surface area contributed by atoms with Gasteiger partial charge in [-0.25, -0.2) is 4.98 Å². The van der Waals surface area contributed by atoms with Gasteiger partial charge in [0, 0.05) is 31.9 Å². The monoisotopic (exact) mass is 250 g/mol. The molecule has 0 aromatic carbocycles. The lowest BCUT2D eigenvalue weighted by Gasteiger charge is -2.20. The molecule has 0 spiro atoms. The molecule has 0 radical (unpaired) electrons. The molecule has 2 rings (SSSR count). The number of hydrogen-bond donors (Lipinski definition) is 1. The third-order valence-corrected chi connectivity index (χ3v) is 3.59. The maximum absolute atomic E-state index is 4.27. The quantitative estimate of drug-likeness (QED) is 0.726. The first-order valence-electron chi connectivity index (χ1n) is 7.28. The summed E-state index contributed by atoms with van der Waals surface area (Å²) in [5.74, 6) is 0. The highest BCUT2D eigenvalue weighted by atomic mass is 15.2. The van der Waals surface area contributed by atoms with Crippen molar-refractivity contribution < 1.29 is 0 Å². The van der Waals surface area contributed by atoms with Gasteiger partial charge in [-0.3, -0.25) is 0 Å². The van der Waals surface area contributed by atoms with E-state index in [9.17, 15) is 0 Å². The van der Waals surface area contributed by atoms with E-state index in [0.717, 1.165) is 32.2 Å². The van der Waals surface area contributed by atoms with Crippen LogP contribution in [0.1, 0.15) is 38.8 Å². The second kappa shape index (κ2) is 6.90. The van der Waals surface area contributed by atoms with Crippen molar-refractivity contribution in [3.63, 3.8) is 0 Å². The normalized spacial score (nSPS) is 15.5. The summed E-state index contributed by atoms with van der Waals surface area (Å²) in [6.07, 6.45) is 7.87. The van der Waals surface area contributed by atoms with E-state index >= 15 is 0 Å². The van der Waals surface area contributed by atoms with Gasteiger partial charge < -0.3 is 14.8 Å². The zero-order chi connectivity index (χ0) is 12.8. The number of aromatic nitrogens is 2. The van der Waals surface area contributed by atoms with Crippen molar-refractivity contribution >= 4 is 0 Å². The van der Waals surface area contributed by atoms with Crippen molar-refractivity contribution in [1.29, 1.82) is 0 Å². The van der Waals surface area contributed by atoms with Crippen LogP contribution in [-0.4, -0.2) is 40.1 Å². The van der Waals surface area contributed by atoms with Gasteiger partial charge in [0.2, 0.25) is 0 Å². The Bertz CT molecular complexity index is 343. The largest absolute Gasteiger partial charge is 0.332 e. The molecule has 0 saturated heterocycles. The lowest BCUT2D eigenvalue weighted by Crippen LogP contribution is -2.29. The molecule has 1 aromatic rings. The Hall–Kier alpha value is -0.870. The molecule has 1 aliphatic carbocycles. The van der Waals surface area contributed by atoms with Crippen LogP contribution in [0.15, 0.2) is 12.5 Å². The molecule has 0 atom stereocenters. The smallest absolute Gasteiger partial charge is 0.0949 e. The van der Waals surface area contributed by atoms with Crippen LogP contribution >= 0.6 is 0 Å². The maximum Gasteiger partial charge on any atom is 0.0949 e.